The van der Waals surface area contributed by atoms with Gasteiger partial charge in [-0.2, -0.15) is 11.8 Å². The second-order valence-electron chi connectivity index (χ2n) is 4.14. The van der Waals surface area contributed by atoms with Crippen molar-refractivity contribution in [1.82, 2.24) is 0 Å². The van der Waals surface area contributed by atoms with E-state index < -0.39 is 0 Å². The molecule has 12 heavy (non-hydrogen) atoms. The molecule has 1 unspecified atom stereocenters. The lowest BCUT2D eigenvalue weighted by Crippen LogP contribution is -2.33. The second-order valence-corrected chi connectivity index (χ2v) is 5.08. The van der Waals surface area contributed by atoms with Gasteiger partial charge in [-0.05, 0) is 24.7 Å². The van der Waals surface area contributed by atoms with Crippen molar-refractivity contribution in [2.24, 2.45) is 5.41 Å². The molecule has 0 heterocycles. The van der Waals surface area contributed by atoms with Crippen LogP contribution in [0.2, 0.25) is 0 Å². The molecule has 0 aromatic heterocycles. The topological polar surface area (TPSA) is 17.1 Å². The summed E-state index contributed by atoms with van der Waals surface area (Å²) < 4.78 is 0. The van der Waals surface area contributed by atoms with Crippen LogP contribution in [0.15, 0.2) is 11.6 Å². The van der Waals surface area contributed by atoms with Crippen molar-refractivity contribution in [2.75, 3.05) is 6.26 Å². The highest BCUT2D eigenvalue weighted by Crippen LogP contribution is 2.40. The van der Waals surface area contributed by atoms with Gasteiger partial charge in [0, 0.05) is 11.7 Å². The van der Waals surface area contributed by atoms with Gasteiger partial charge < -0.3 is 0 Å². The number of carbonyl (C=O) groups excluding carboxylic acids is 1. The van der Waals surface area contributed by atoms with Gasteiger partial charge in [0.25, 0.3) is 0 Å². The van der Waals surface area contributed by atoms with Gasteiger partial charge >= 0.3 is 0 Å². The molecule has 68 valence electrons. The number of allylic oxidation sites excluding steroid dienone is 1. The minimum Gasteiger partial charge on any atom is -0.295 e. The van der Waals surface area contributed by atoms with Crippen molar-refractivity contribution >= 4 is 17.5 Å². The van der Waals surface area contributed by atoms with Crippen LogP contribution in [0.1, 0.15) is 27.2 Å². The fraction of sp³-hybridized carbons (Fsp3) is 0.700. The molecule has 0 aliphatic heterocycles. The summed E-state index contributed by atoms with van der Waals surface area (Å²) in [4.78, 5) is 11.3. The van der Waals surface area contributed by atoms with Gasteiger partial charge in [0.05, 0.1) is 0 Å². The summed E-state index contributed by atoms with van der Waals surface area (Å²) in [6, 6.07) is 0. The zero-order valence-electron chi connectivity index (χ0n) is 8.18. The van der Waals surface area contributed by atoms with Crippen molar-refractivity contribution in [1.29, 1.82) is 0 Å². The third-order valence-electron chi connectivity index (χ3n) is 2.38. The van der Waals surface area contributed by atoms with E-state index in [1.165, 1.54) is 5.57 Å². The van der Waals surface area contributed by atoms with Gasteiger partial charge in [0.15, 0.2) is 5.78 Å². The summed E-state index contributed by atoms with van der Waals surface area (Å²) in [5.74, 6) is 0.280. The minimum absolute atomic E-state index is 0.134. The van der Waals surface area contributed by atoms with Crippen LogP contribution in [-0.4, -0.2) is 17.3 Å². The molecule has 0 amide bonds. The standard InChI is InChI=1S/C10H16OS/c1-7-5-8(11)6-10(2,3)9(7)12-4/h5,9H,6H2,1-4H3. The highest BCUT2D eigenvalue weighted by molar-refractivity contribution is 7.99. The molecular weight excluding hydrogens is 168 g/mol. The second kappa shape index (κ2) is 3.25. The van der Waals surface area contributed by atoms with Gasteiger partial charge in [0.2, 0.25) is 0 Å². The molecule has 0 aromatic carbocycles. The number of carbonyl (C=O) groups is 1. The van der Waals surface area contributed by atoms with Crippen molar-refractivity contribution in [3.63, 3.8) is 0 Å². The van der Waals surface area contributed by atoms with Gasteiger partial charge in [0.1, 0.15) is 0 Å². The van der Waals surface area contributed by atoms with E-state index in [4.69, 9.17) is 0 Å². The lowest BCUT2D eigenvalue weighted by Gasteiger charge is -2.36. The van der Waals surface area contributed by atoms with Gasteiger partial charge in [-0.15, -0.1) is 0 Å². The van der Waals surface area contributed by atoms with E-state index >= 15 is 0 Å². The van der Waals surface area contributed by atoms with Gasteiger partial charge in [-0.3, -0.25) is 4.79 Å². The number of hydrogen-bond acceptors (Lipinski definition) is 2. The molecule has 1 rings (SSSR count). The van der Waals surface area contributed by atoms with E-state index in [1.807, 2.05) is 11.8 Å². The van der Waals surface area contributed by atoms with E-state index in [1.54, 1.807) is 6.08 Å². The Kier molecular flexibility index (Phi) is 2.67. The first-order valence-electron chi connectivity index (χ1n) is 4.21. The zero-order valence-corrected chi connectivity index (χ0v) is 8.99. The third kappa shape index (κ3) is 1.74. The first-order chi connectivity index (χ1) is 5.47. The molecular formula is C10H16OS. The summed E-state index contributed by atoms with van der Waals surface area (Å²) in [5.41, 5.74) is 1.36. The molecule has 1 atom stereocenters. The molecule has 0 N–H and O–H groups in total. The highest BCUT2D eigenvalue weighted by Gasteiger charge is 2.35. The maximum absolute atomic E-state index is 11.3. The first-order valence-corrected chi connectivity index (χ1v) is 5.50. The number of thioether (sulfide) groups is 1. The van der Waals surface area contributed by atoms with E-state index in [2.05, 4.69) is 27.0 Å². The molecule has 0 fully saturated rings. The summed E-state index contributed by atoms with van der Waals surface area (Å²) >= 11 is 1.84. The maximum atomic E-state index is 11.3. The third-order valence-corrected chi connectivity index (χ3v) is 3.86. The summed E-state index contributed by atoms with van der Waals surface area (Å²) in [5, 5.41) is 0.509. The van der Waals surface area contributed by atoms with Crippen molar-refractivity contribution < 1.29 is 4.79 Å². The molecule has 0 bridgehead atoms. The Labute approximate surface area is 78.6 Å². The number of ketones is 1. The van der Waals surface area contributed by atoms with Crippen LogP contribution in [0.5, 0.6) is 0 Å². The largest absolute Gasteiger partial charge is 0.295 e. The SMILES string of the molecule is CSC1C(C)=CC(=O)CC1(C)C. The predicted molar refractivity (Wildman–Crippen MR) is 54.5 cm³/mol. The normalized spacial score (nSPS) is 28.5. The van der Waals surface area contributed by atoms with Crippen molar-refractivity contribution in [3.05, 3.63) is 11.6 Å². The Morgan fingerprint density at radius 2 is 2.17 bits per heavy atom. The Bertz CT molecular complexity index is 228. The molecule has 2 heteroatoms. The Balaban J connectivity index is 2.96. The summed E-state index contributed by atoms with van der Waals surface area (Å²) in [6.45, 7) is 6.39. The quantitative estimate of drug-likeness (QED) is 0.623. The lowest BCUT2D eigenvalue weighted by atomic mass is 9.77. The average Bonchev–Trinajstić information content (AvgIpc) is 1.82. The monoisotopic (exact) mass is 184 g/mol. The zero-order chi connectivity index (χ0) is 9.35. The number of hydrogen-bond donors (Lipinski definition) is 0. The van der Waals surface area contributed by atoms with Crippen LogP contribution in [0.25, 0.3) is 0 Å². The van der Waals surface area contributed by atoms with E-state index in [-0.39, 0.29) is 11.2 Å². The van der Waals surface area contributed by atoms with Crippen LogP contribution in [-0.2, 0) is 4.79 Å². The smallest absolute Gasteiger partial charge is 0.156 e. The van der Waals surface area contributed by atoms with Crippen molar-refractivity contribution in [3.8, 4) is 0 Å². The molecule has 0 spiro atoms. The summed E-state index contributed by atoms with van der Waals surface area (Å²) in [6.07, 6.45) is 4.60. The molecule has 1 aliphatic rings. The molecule has 0 aromatic rings. The van der Waals surface area contributed by atoms with Crippen molar-refractivity contribution in [2.45, 2.75) is 32.4 Å². The minimum atomic E-state index is 0.134. The van der Waals surface area contributed by atoms with Crippen LogP contribution in [0.4, 0.5) is 0 Å². The number of rotatable bonds is 1. The highest BCUT2D eigenvalue weighted by atomic mass is 32.2. The molecule has 1 nitrogen and oxygen atoms in total. The van der Waals surface area contributed by atoms with Crippen LogP contribution in [0.3, 0.4) is 0 Å². The lowest BCUT2D eigenvalue weighted by molar-refractivity contribution is -0.116. The summed E-state index contributed by atoms with van der Waals surface area (Å²) in [7, 11) is 0. The van der Waals surface area contributed by atoms with Gasteiger partial charge in [-0.25, -0.2) is 0 Å². The predicted octanol–water partition coefficient (Wildman–Crippen LogP) is 2.66. The molecule has 0 radical (unpaired) electrons. The Morgan fingerprint density at radius 1 is 1.58 bits per heavy atom. The van der Waals surface area contributed by atoms with Gasteiger partial charge in [-0.1, -0.05) is 19.4 Å². The Hall–Kier alpha value is -0.240. The van der Waals surface area contributed by atoms with Crippen LogP contribution < -0.4 is 0 Å². The van der Waals surface area contributed by atoms with E-state index in [0.29, 0.717) is 11.7 Å². The first kappa shape index (κ1) is 9.85. The average molecular weight is 184 g/mol. The van der Waals surface area contributed by atoms with Crippen LogP contribution in [0, 0.1) is 5.41 Å². The molecule has 1 aliphatic carbocycles. The van der Waals surface area contributed by atoms with E-state index in [0.717, 1.165) is 0 Å². The molecule has 0 saturated heterocycles. The Morgan fingerprint density at radius 3 is 2.58 bits per heavy atom. The maximum Gasteiger partial charge on any atom is 0.156 e. The fourth-order valence-corrected chi connectivity index (χ4v) is 3.20. The molecule has 0 saturated carbocycles. The van der Waals surface area contributed by atoms with Crippen LogP contribution >= 0.6 is 11.8 Å². The van der Waals surface area contributed by atoms with E-state index in [9.17, 15) is 4.79 Å². The fourth-order valence-electron chi connectivity index (χ4n) is 2.04.